The Balaban J connectivity index is 1.44. The number of hydrogen-bond donors (Lipinski definition) is 2. The number of amides is 2. The zero-order chi connectivity index (χ0) is 12.4. The molecule has 0 aromatic heterocycles. The average molecular weight is 252 g/mol. The van der Waals surface area contributed by atoms with Crippen LogP contribution in [-0.2, 0) is 4.74 Å². The molecule has 3 rings (SSSR count). The smallest absolute Gasteiger partial charge is 0.315 e. The first-order valence-corrected chi connectivity index (χ1v) is 7.51. The third-order valence-corrected chi connectivity index (χ3v) is 4.48. The SMILES string of the molecule is O=C(NC1CCCCC1)NC1CCOC1C1CC1. The minimum absolute atomic E-state index is 0.0167. The summed E-state index contributed by atoms with van der Waals surface area (Å²) in [5.74, 6) is 0.701. The van der Waals surface area contributed by atoms with Gasteiger partial charge in [-0.15, -0.1) is 0 Å². The van der Waals surface area contributed by atoms with Gasteiger partial charge in [0.1, 0.15) is 0 Å². The molecule has 2 N–H and O–H groups in total. The Bertz CT molecular complexity index is 298. The summed E-state index contributed by atoms with van der Waals surface area (Å²) in [4.78, 5) is 12.0. The summed E-state index contributed by atoms with van der Waals surface area (Å²) < 4.78 is 5.74. The molecule has 4 heteroatoms. The summed E-state index contributed by atoms with van der Waals surface area (Å²) in [5.41, 5.74) is 0. The number of rotatable bonds is 3. The molecule has 2 unspecified atom stereocenters. The van der Waals surface area contributed by atoms with Crippen LogP contribution >= 0.6 is 0 Å². The quantitative estimate of drug-likeness (QED) is 0.809. The summed E-state index contributed by atoms with van der Waals surface area (Å²) >= 11 is 0. The standard InChI is InChI=1S/C14H24N2O2/c17-14(15-11-4-2-1-3-5-11)16-12-8-9-18-13(12)10-6-7-10/h10-13H,1-9H2,(H2,15,16,17). The maximum atomic E-state index is 12.0. The van der Waals surface area contributed by atoms with Crippen molar-refractivity contribution in [1.29, 1.82) is 0 Å². The number of nitrogens with one attached hydrogen (secondary N) is 2. The molecule has 2 amide bonds. The summed E-state index contributed by atoms with van der Waals surface area (Å²) in [6, 6.07) is 0.643. The summed E-state index contributed by atoms with van der Waals surface area (Å²) in [7, 11) is 0. The summed E-state index contributed by atoms with van der Waals surface area (Å²) in [5, 5.41) is 6.24. The van der Waals surface area contributed by atoms with Gasteiger partial charge in [0.2, 0.25) is 0 Å². The van der Waals surface area contributed by atoms with Crippen molar-refractivity contribution in [1.82, 2.24) is 10.6 Å². The van der Waals surface area contributed by atoms with Crippen LogP contribution in [0.4, 0.5) is 4.79 Å². The molecule has 2 saturated carbocycles. The highest BCUT2D eigenvalue weighted by Crippen LogP contribution is 2.38. The first-order chi connectivity index (χ1) is 8.83. The van der Waals surface area contributed by atoms with E-state index in [1.165, 1.54) is 32.1 Å². The lowest BCUT2D eigenvalue weighted by Gasteiger charge is -2.25. The third-order valence-electron chi connectivity index (χ3n) is 4.48. The zero-order valence-corrected chi connectivity index (χ0v) is 11.0. The number of hydrogen-bond acceptors (Lipinski definition) is 2. The van der Waals surface area contributed by atoms with E-state index in [1.54, 1.807) is 0 Å². The largest absolute Gasteiger partial charge is 0.376 e. The molecule has 1 aliphatic heterocycles. The normalized spacial score (nSPS) is 33.3. The van der Waals surface area contributed by atoms with Gasteiger partial charge in [0, 0.05) is 12.6 Å². The van der Waals surface area contributed by atoms with Crippen LogP contribution in [0, 0.1) is 5.92 Å². The number of carbonyl (C=O) groups is 1. The predicted molar refractivity (Wildman–Crippen MR) is 69.4 cm³/mol. The van der Waals surface area contributed by atoms with Crippen molar-refractivity contribution in [3.63, 3.8) is 0 Å². The Kier molecular flexibility index (Phi) is 3.73. The highest BCUT2D eigenvalue weighted by atomic mass is 16.5. The number of carbonyl (C=O) groups excluding carboxylic acids is 1. The molecule has 0 bridgehead atoms. The fraction of sp³-hybridized carbons (Fsp3) is 0.929. The first-order valence-electron chi connectivity index (χ1n) is 7.51. The lowest BCUT2D eigenvalue weighted by Crippen LogP contribution is -2.49. The Morgan fingerprint density at radius 2 is 1.72 bits per heavy atom. The molecular formula is C14H24N2O2. The molecular weight excluding hydrogens is 228 g/mol. The van der Waals surface area contributed by atoms with Crippen molar-refractivity contribution in [3.8, 4) is 0 Å². The van der Waals surface area contributed by atoms with E-state index in [0.717, 1.165) is 25.9 Å². The van der Waals surface area contributed by atoms with Gasteiger partial charge in [-0.05, 0) is 38.0 Å². The van der Waals surface area contributed by atoms with E-state index >= 15 is 0 Å². The van der Waals surface area contributed by atoms with Crippen LogP contribution < -0.4 is 10.6 Å². The summed E-state index contributed by atoms with van der Waals surface area (Å²) in [6.45, 7) is 0.801. The molecule has 2 atom stereocenters. The van der Waals surface area contributed by atoms with Crippen LogP contribution in [0.25, 0.3) is 0 Å². The van der Waals surface area contributed by atoms with Crippen molar-refractivity contribution in [2.45, 2.75) is 69.6 Å². The average Bonchev–Trinajstić information content (AvgIpc) is 3.12. The molecule has 18 heavy (non-hydrogen) atoms. The van der Waals surface area contributed by atoms with Gasteiger partial charge in [0.15, 0.2) is 0 Å². The fourth-order valence-electron chi connectivity index (χ4n) is 3.30. The molecule has 0 spiro atoms. The lowest BCUT2D eigenvalue weighted by atomic mass is 9.96. The van der Waals surface area contributed by atoms with E-state index in [0.29, 0.717) is 12.0 Å². The van der Waals surface area contributed by atoms with Crippen molar-refractivity contribution in [3.05, 3.63) is 0 Å². The van der Waals surface area contributed by atoms with Gasteiger partial charge in [0.05, 0.1) is 12.1 Å². The van der Waals surface area contributed by atoms with Crippen molar-refractivity contribution in [2.75, 3.05) is 6.61 Å². The highest BCUT2D eigenvalue weighted by Gasteiger charge is 2.41. The van der Waals surface area contributed by atoms with Crippen LogP contribution in [0.1, 0.15) is 51.4 Å². The Morgan fingerprint density at radius 3 is 2.44 bits per heavy atom. The van der Waals surface area contributed by atoms with Gasteiger partial charge >= 0.3 is 6.03 Å². The van der Waals surface area contributed by atoms with Crippen LogP contribution in [0.5, 0.6) is 0 Å². The van der Waals surface area contributed by atoms with E-state index in [9.17, 15) is 4.79 Å². The predicted octanol–water partition coefficient (Wildman–Crippen LogP) is 2.19. The second-order valence-corrected chi connectivity index (χ2v) is 6.02. The van der Waals surface area contributed by atoms with Crippen molar-refractivity contribution in [2.24, 2.45) is 5.92 Å². The topological polar surface area (TPSA) is 50.4 Å². The molecule has 102 valence electrons. The maximum Gasteiger partial charge on any atom is 0.315 e. The first kappa shape index (κ1) is 12.3. The van der Waals surface area contributed by atoms with Crippen LogP contribution in [0.3, 0.4) is 0 Å². The van der Waals surface area contributed by atoms with E-state index in [2.05, 4.69) is 10.6 Å². The Labute approximate surface area is 109 Å². The monoisotopic (exact) mass is 252 g/mol. The van der Waals surface area contributed by atoms with E-state index in [1.807, 2.05) is 0 Å². The maximum absolute atomic E-state index is 12.0. The van der Waals surface area contributed by atoms with Crippen LogP contribution in [-0.4, -0.2) is 30.8 Å². The molecule has 4 nitrogen and oxygen atoms in total. The van der Waals surface area contributed by atoms with Crippen molar-refractivity contribution < 1.29 is 9.53 Å². The van der Waals surface area contributed by atoms with Gasteiger partial charge in [-0.1, -0.05) is 19.3 Å². The van der Waals surface area contributed by atoms with E-state index < -0.39 is 0 Å². The molecule has 0 radical (unpaired) electrons. The summed E-state index contributed by atoms with van der Waals surface area (Å²) in [6.07, 6.45) is 9.90. The molecule has 1 saturated heterocycles. The Hall–Kier alpha value is -0.770. The lowest BCUT2D eigenvalue weighted by molar-refractivity contribution is 0.0823. The second-order valence-electron chi connectivity index (χ2n) is 6.02. The van der Waals surface area contributed by atoms with Gasteiger partial charge in [-0.2, -0.15) is 0 Å². The third kappa shape index (κ3) is 2.97. The minimum Gasteiger partial charge on any atom is -0.376 e. The Morgan fingerprint density at radius 1 is 0.944 bits per heavy atom. The highest BCUT2D eigenvalue weighted by molar-refractivity contribution is 5.74. The van der Waals surface area contributed by atoms with Crippen molar-refractivity contribution >= 4 is 6.03 Å². The molecule has 0 aromatic carbocycles. The second kappa shape index (κ2) is 5.47. The van der Waals surface area contributed by atoms with Gasteiger partial charge in [0.25, 0.3) is 0 Å². The van der Waals surface area contributed by atoms with E-state index in [-0.39, 0.29) is 18.2 Å². The molecule has 0 aromatic rings. The van der Waals surface area contributed by atoms with Crippen LogP contribution in [0.15, 0.2) is 0 Å². The van der Waals surface area contributed by atoms with Crippen LogP contribution in [0.2, 0.25) is 0 Å². The van der Waals surface area contributed by atoms with Gasteiger partial charge < -0.3 is 15.4 Å². The fourth-order valence-corrected chi connectivity index (χ4v) is 3.30. The molecule has 2 aliphatic carbocycles. The minimum atomic E-state index is 0.0167. The molecule has 3 fully saturated rings. The number of ether oxygens (including phenoxy) is 1. The van der Waals surface area contributed by atoms with E-state index in [4.69, 9.17) is 4.74 Å². The number of urea groups is 1. The molecule has 3 aliphatic rings. The van der Waals surface area contributed by atoms with Gasteiger partial charge in [-0.3, -0.25) is 0 Å². The van der Waals surface area contributed by atoms with Gasteiger partial charge in [-0.25, -0.2) is 4.79 Å². The zero-order valence-electron chi connectivity index (χ0n) is 11.0. The molecule has 1 heterocycles.